The average Bonchev–Trinajstić information content (AvgIpc) is 3.95. The number of aryl methyl sites for hydroxylation is 1. The number of imidazole rings is 1. The van der Waals surface area contributed by atoms with Gasteiger partial charge in [0.25, 0.3) is 0 Å². The maximum absolute atomic E-state index is 13.2. The van der Waals surface area contributed by atoms with Gasteiger partial charge < -0.3 is 19.7 Å². The van der Waals surface area contributed by atoms with Crippen molar-refractivity contribution in [2.45, 2.75) is 94.9 Å². The molecule has 0 bridgehead atoms. The minimum absolute atomic E-state index is 0.130. The molecule has 6 heterocycles. The van der Waals surface area contributed by atoms with Crippen LogP contribution in [0.25, 0.3) is 33.2 Å². The van der Waals surface area contributed by atoms with Crippen molar-refractivity contribution in [3.8, 4) is 11.1 Å². The molecule has 3 aliphatic heterocycles. The van der Waals surface area contributed by atoms with Crippen LogP contribution < -0.4 is 16.3 Å². The van der Waals surface area contributed by atoms with Crippen LogP contribution in [0.15, 0.2) is 59.7 Å². The summed E-state index contributed by atoms with van der Waals surface area (Å²) < 4.78 is 50.0. The summed E-state index contributed by atoms with van der Waals surface area (Å²) in [5.74, 6) is -0.570. The predicted octanol–water partition coefficient (Wildman–Crippen LogP) is 4.98. The molecule has 1 aliphatic carbocycles. The molecular weight excluding hydrogens is 830 g/mol. The first-order chi connectivity index (χ1) is 30.8. The number of halogens is 3. The van der Waals surface area contributed by atoms with E-state index >= 15 is 0 Å². The number of nitrogens with zero attached hydrogens (tertiary/aromatic N) is 8. The van der Waals surface area contributed by atoms with Crippen LogP contribution >= 0.6 is 0 Å². The SMILES string of the molecule is Cn1c(=O)n(C2CCC(=O)NC2=O)c2ccc(CN3CCC(OCCN4CCN(Cc5ccc(-c6cn(C7CCC(O)CC7)c7nc(NCCC(F)(F)F)ncc67)cc5)CC4)C3)cc21. The summed E-state index contributed by atoms with van der Waals surface area (Å²) >= 11 is 0. The van der Waals surface area contributed by atoms with Gasteiger partial charge in [-0.2, -0.15) is 18.2 Å². The molecule has 3 N–H and O–H groups in total. The van der Waals surface area contributed by atoms with E-state index in [1.54, 1.807) is 17.8 Å². The Hall–Kier alpha value is -5.14. The number of ether oxygens (including phenoxy) is 1. The third-order valence-corrected chi connectivity index (χ3v) is 13.5. The number of aliphatic hydroxyl groups is 1. The van der Waals surface area contributed by atoms with Crippen LogP contribution in [0, 0.1) is 0 Å². The molecule has 2 unspecified atom stereocenters. The van der Waals surface area contributed by atoms with E-state index in [4.69, 9.17) is 4.74 Å². The monoisotopic (exact) mass is 886 g/mol. The highest BCUT2D eigenvalue weighted by molar-refractivity contribution is 6.00. The second-order valence-electron chi connectivity index (χ2n) is 18.0. The molecule has 342 valence electrons. The fourth-order valence-electron chi connectivity index (χ4n) is 9.91. The van der Waals surface area contributed by atoms with Crippen LogP contribution in [0.1, 0.15) is 74.6 Å². The highest BCUT2D eigenvalue weighted by Crippen LogP contribution is 2.37. The Morgan fingerprint density at radius 3 is 2.36 bits per heavy atom. The molecule has 3 aromatic heterocycles. The second-order valence-corrected chi connectivity index (χ2v) is 18.0. The molecule has 64 heavy (non-hydrogen) atoms. The number of fused-ring (bicyclic) bond motifs is 2. The number of hydrogen-bond donors (Lipinski definition) is 3. The van der Waals surface area contributed by atoms with E-state index in [1.165, 1.54) is 10.1 Å². The van der Waals surface area contributed by atoms with Crippen molar-refractivity contribution in [3.05, 3.63) is 76.5 Å². The molecule has 15 nitrogen and oxygen atoms in total. The summed E-state index contributed by atoms with van der Waals surface area (Å²) in [7, 11) is 1.72. The van der Waals surface area contributed by atoms with Crippen molar-refractivity contribution in [2.24, 2.45) is 7.05 Å². The molecule has 2 aromatic carbocycles. The number of hydrogen-bond acceptors (Lipinski definition) is 11. The van der Waals surface area contributed by atoms with Crippen LogP contribution in [0.4, 0.5) is 19.1 Å². The number of likely N-dealkylation sites (tertiary alicyclic amines) is 1. The zero-order chi connectivity index (χ0) is 44.5. The Bertz CT molecular complexity index is 2520. The number of benzene rings is 2. The number of imide groups is 1. The summed E-state index contributed by atoms with van der Waals surface area (Å²) in [5, 5.41) is 16.1. The Labute approximate surface area is 369 Å². The summed E-state index contributed by atoms with van der Waals surface area (Å²) in [6.45, 7) is 8.50. The van der Waals surface area contributed by atoms with E-state index < -0.39 is 24.5 Å². The van der Waals surface area contributed by atoms with Crippen LogP contribution in [0.2, 0.25) is 0 Å². The zero-order valence-corrected chi connectivity index (χ0v) is 36.2. The molecule has 2 amide bonds. The minimum atomic E-state index is -4.27. The molecule has 0 radical (unpaired) electrons. The molecule has 18 heteroatoms. The number of piperazine rings is 1. The van der Waals surface area contributed by atoms with Crippen molar-refractivity contribution in [3.63, 3.8) is 0 Å². The number of piperidine rings is 1. The molecule has 0 spiro atoms. The average molecular weight is 887 g/mol. The lowest BCUT2D eigenvalue weighted by Crippen LogP contribution is -2.47. The van der Waals surface area contributed by atoms with Gasteiger partial charge in [-0.25, -0.2) is 9.78 Å². The van der Waals surface area contributed by atoms with Crippen molar-refractivity contribution in [1.82, 2.24) is 43.7 Å². The summed E-state index contributed by atoms with van der Waals surface area (Å²) in [6, 6.07) is 14.0. The second kappa shape index (κ2) is 18.8. The maximum atomic E-state index is 13.2. The first-order valence-corrected chi connectivity index (χ1v) is 22.6. The number of anilines is 1. The predicted molar refractivity (Wildman–Crippen MR) is 236 cm³/mol. The number of amides is 2. The van der Waals surface area contributed by atoms with Gasteiger partial charge in [-0.05, 0) is 67.3 Å². The largest absolute Gasteiger partial charge is 0.393 e. The molecule has 4 fully saturated rings. The van der Waals surface area contributed by atoms with Crippen LogP contribution in [-0.2, 0) is 34.5 Å². The quantitative estimate of drug-likeness (QED) is 0.130. The Morgan fingerprint density at radius 2 is 1.61 bits per heavy atom. The lowest BCUT2D eigenvalue weighted by Gasteiger charge is -2.34. The van der Waals surface area contributed by atoms with Gasteiger partial charge in [-0.1, -0.05) is 30.3 Å². The fraction of sp³-hybridized carbons (Fsp3) is 0.543. The van der Waals surface area contributed by atoms with E-state index in [0.29, 0.717) is 37.0 Å². The molecule has 9 rings (SSSR count). The Balaban J connectivity index is 0.736. The van der Waals surface area contributed by atoms with Crippen molar-refractivity contribution in [2.75, 3.05) is 64.3 Å². The Kier molecular flexibility index (Phi) is 12.9. The topological polar surface area (TPSA) is 155 Å². The standard InChI is InChI=1S/C46H57F3N10O5/c1-54-40-24-31(4-11-38(40)59(45(54)63)39-12-13-41(61)52-43(39)62)27-57-17-14-35(28-57)64-23-22-55-18-20-56(21-19-55)26-30-2-5-32(6-3-30)37-29-58(33-7-9-34(60)10-8-33)42-36(37)25-51-44(53-42)50-16-15-46(47,48)49/h2-6,11,24-25,29,33-35,39,60H,7-10,12-23,26-28H2,1H3,(H,50,51,53)(H,52,61,62). The highest BCUT2D eigenvalue weighted by Gasteiger charge is 2.32. The van der Waals surface area contributed by atoms with Gasteiger partial charge >= 0.3 is 11.9 Å². The smallest absolute Gasteiger partial charge is 0.390 e. The lowest BCUT2D eigenvalue weighted by molar-refractivity contribution is -0.136. The summed E-state index contributed by atoms with van der Waals surface area (Å²) in [6.07, 6.45) is 2.87. The Morgan fingerprint density at radius 1 is 0.875 bits per heavy atom. The summed E-state index contributed by atoms with van der Waals surface area (Å²) in [4.78, 5) is 53.8. The molecule has 4 aliphatic rings. The van der Waals surface area contributed by atoms with E-state index in [9.17, 15) is 32.7 Å². The van der Waals surface area contributed by atoms with E-state index in [2.05, 4.69) is 70.3 Å². The van der Waals surface area contributed by atoms with Gasteiger partial charge in [0.15, 0.2) is 0 Å². The number of rotatable bonds is 14. The molecule has 2 atom stereocenters. The van der Waals surface area contributed by atoms with Crippen molar-refractivity contribution >= 4 is 39.8 Å². The maximum Gasteiger partial charge on any atom is 0.390 e. The first-order valence-electron chi connectivity index (χ1n) is 22.6. The van der Waals surface area contributed by atoms with Crippen LogP contribution in [0.3, 0.4) is 0 Å². The number of alkyl halides is 3. The molecule has 5 aromatic rings. The third-order valence-electron chi connectivity index (χ3n) is 13.5. The van der Waals surface area contributed by atoms with E-state index in [1.807, 2.05) is 18.2 Å². The third kappa shape index (κ3) is 9.90. The number of aliphatic hydroxyl groups excluding tert-OH is 1. The van der Waals surface area contributed by atoms with Gasteiger partial charge in [0, 0.05) is 108 Å². The minimum Gasteiger partial charge on any atom is -0.393 e. The van der Waals surface area contributed by atoms with Crippen molar-refractivity contribution < 1.29 is 32.6 Å². The highest BCUT2D eigenvalue weighted by atomic mass is 19.4. The molecule has 3 saturated heterocycles. The number of carbonyl (C=O) groups excluding carboxylic acids is 2. The van der Waals surface area contributed by atoms with Crippen molar-refractivity contribution in [1.29, 1.82) is 0 Å². The summed E-state index contributed by atoms with van der Waals surface area (Å²) in [5.41, 5.74) is 6.18. The number of carbonyl (C=O) groups is 2. The van der Waals surface area contributed by atoms with Gasteiger partial charge in [-0.3, -0.25) is 38.7 Å². The van der Waals surface area contributed by atoms with Gasteiger partial charge in [-0.15, -0.1) is 0 Å². The van der Waals surface area contributed by atoms with Crippen LogP contribution in [-0.4, -0.2) is 133 Å². The van der Waals surface area contributed by atoms with Crippen LogP contribution in [0.5, 0.6) is 0 Å². The zero-order valence-electron chi connectivity index (χ0n) is 36.2. The van der Waals surface area contributed by atoms with E-state index in [0.717, 1.165) is 106 Å². The van der Waals surface area contributed by atoms with Gasteiger partial charge in [0.2, 0.25) is 17.8 Å². The number of nitrogens with one attached hydrogen (secondary N) is 2. The lowest BCUT2D eigenvalue weighted by atomic mass is 9.93. The van der Waals surface area contributed by atoms with E-state index in [-0.39, 0.29) is 48.8 Å². The normalized spacial score (nSPS) is 23.1. The first kappa shape index (κ1) is 44.1. The molecule has 1 saturated carbocycles. The molecular formula is C46H57F3N10O5. The van der Waals surface area contributed by atoms with Gasteiger partial charge in [0.05, 0.1) is 36.3 Å². The fourth-order valence-corrected chi connectivity index (χ4v) is 9.91. The number of aromatic nitrogens is 5. The van der Waals surface area contributed by atoms with Gasteiger partial charge in [0.1, 0.15) is 11.7 Å².